The maximum absolute atomic E-state index is 12.7. The largest absolute Gasteiger partial charge is 0.491 e. The van der Waals surface area contributed by atoms with Crippen LogP contribution in [0.25, 0.3) is 0 Å². The van der Waals surface area contributed by atoms with Gasteiger partial charge in [0, 0.05) is 24.5 Å². The molecule has 0 aliphatic carbocycles. The second kappa shape index (κ2) is 7.96. The minimum Gasteiger partial charge on any atom is -0.491 e. The molecule has 3 rings (SSSR count). The maximum Gasteiger partial charge on any atom is 0.316 e. The Morgan fingerprint density at radius 1 is 1.20 bits per heavy atom. The van der Waals surface area contributed by atoms with Gasteiger partial charge in [0.2, 0.25) is 0 Å². The zero-order valence-electron chi connectivity index (χ0n) is 14.6. The quantitative estimate of drug-likeness (QED) is 0.836. The molecule has 1 aromatic heterocycles. The first kappa shape index (κ1) is 17.2. The minimum absolute atomic E-state index is 0.0124. The highest BCUT2D eigenvalue weighted by Gasteiger charge is 2.26. The summed E-state index contributed by atoms with van der Waals surface area (Å²) in [6.07, 6.45) is 5.12. The van der Waals surface area contributed by atoms with Crippen LogP contribution in [0.4, 0.5) is 0 Å². The van der Waals surface area contributed by atoms with Crippen LogP contribution in [0.15, 0.2) is 42.7 Å². The SMILES string of the molecule is CC(C)Oc1ccc(C(=O)N2CCCC(Oc3ncccn3)C2)cc1. The maximum atomic E-state index is 12.7. The lowest BCUT2D eigenvalue weighted by atomic mass is 10.1. The molecule has 6 heteroatoms. The van der Waals surface area contributed by atoms with Crippen molar-refractivity contribution in [1.29, 1.82) is 0 Å². The Morgan fingerprint density at radius 2 is 1.92 bits per heavy atom. The van der Waals surface area contributed by atoms with Crippen molar-refractivity contribution >= 4 is 5.91 Å². The molecule has 1 fully saturated rings. The van der Waals surface area contributed by atoms with E-state index in [9.17, 15) is 4.79 Å². The van der Waals surface area contributed by atoms with Crippen molar-refractivity contribution in [3.8, 4) is 11.8 Å². The number of hydrogen-bond acceptors (Lipinski definition) is 5. The summed E-state index contributed by atoms with van der Waals surface area (Å²) in [4.78, 5) is 22.7. The van der Waals surface area contributed by atoms with E-state index in [0.29, 0.717) is 18.1 Å². The summed E-state index contributed by atoms with van der Waals surface area (Å²) in [5.74, 6) is 0.783. The second-order valence-corrected chi connectivity index (χ2v) is 6.36. The third kappa shape index (κ3) is 4.68. The van der Waals surface area contributed by atoms with Crippen LogP contribution in [0.1, 0.15) is 37.0 Å². The summed E-state index contributed by atoms with van der Waals surface area (Å²) >= 11 is 0. The molecule has 2 aromatic rings. The van der Waals surface area contributed by atoms with Gasteiger partial charge in [-0.25, -0.2) is 9.97 Å². The Kier molecular flexibility index (Phi) is 5.48. The molecule has 0 radical (unpaired) electrons. The van der Waals surface area contributed by atoms with Crippen LogP contribution in [0, 0.1) is 0 Å². The van der Waals surface area contributed by atoms with Crippen molar-refractivity contribution in [3.05, 3.63) is 48.3 Å². The lowest BCUT2D eigenvalue weighted by molar-refractivity contribution is 0.0516. The smallest absolute Gasteiger partial charge is 0.316 e. The summed E-state index contributed by atoms with van der Waals surface area (Å²) in [6, 6.07) is 9.40. The highest BCUT2D eigenvalue weighted by Crippen LogP contribution is 2.19. The van der Waals surface area contributed by atoms with Gasteiger partial charge < -0.3 is 14.4 Å². The molecule has 0 N–H and O–H groups in total. The van der Waals surface area contributed by atoms with E-state index >= 15 is 0 Å². The third-order valence-corrected chi connectivity index (χ3v) is 3.95. The van der Waals surface area contributed by atoms with Crippen molar-refractivity contribution in [1.82, 2.24) is 14.9 Å². The standard InChI is InChI=1S/C19H23N3O3/c1-14(2)24-16-8-6-15(7-9-16)18(23)22-12-3-5-17(13-22)25-19-20-10-4-11-21-19/h4,6-11,14,17H,3,5,12-13H2,1-2H3. The van der Waals surface area contributed by atoms with Crippen LogP contribution in [0.2, 0.25) is 0 Å². The van der Waals surface area contributed by atoms with E-state index in [1.807, 2.05) is 43.0 Å². The number of amides is 1. The van der Waals surface area contributed by atoms with Gasteiger partial charge in [-0.3, -0.25) is 4.79 Å². The molecule has 1 aliphatic heterocycles. The summed E-state index contributed by atoms with van der Waals surface area (Å²) in [5, 5.41) is 0. The van der Waals surface area contributed by atoms with Gasteiger partial charge in [0.25, 0.3) is 5.91 Å². The molecule has 1 unspecified atom stereocenters. The topological polar surface area (TPSA) is 64.5 Å². The highest BCUT2D eigenvalue weighted by molar-refractivity contribution is 5.94. The predicted octanol–water partition coefficient (Wildman–Crippen LogP) is 2.95. The van der Waals surface area contributed by atoms with Gasteiger partial charge in [-0.2, -0.15) is 0 Å². The average Bonchev–Trinajstić information content (AvgIpc) is 2.62. The fourth-order valence-corrected chi connectivity index (χ4v) is 2.85. The number of likely N-dealkylation sites (tertiary alicyclic amines) is 1. The zero-order valence-corrected chi connectivity index (χ0v) is 14.6. The van der Waals surface area contributed by atoms with Crippen LogP contribution in [-0.2, 0) is 0 Å². The second-order valence-electron chi connectivity index (χ2n) is 6.36. The molecule has 1 atom stereocenters. The van der Waals surface area contributed by atoms with E-state index in [1.54, 1.807) is 18.5 Å². The molecule has 1 saturated heterocycles. The minimum atomic E-state index is -0.0800. The Labute approximate surface area is 147 Å². The molecule has 132 valence electrons. The molecular weight excluding hydrogens is 318 g/mol. The molecule has 6 nitrogen and oxygen atoms in total. The number of nitrogens with zero attached hydrogens (tertiary/aromatic N) is 3. The van der Waals surface area contributed by atoms with Crippen molar-refractivity contribution in [3.63, 3.8) is 0 Å². The van der Waals surface area contributed by atoms with Crippen LogP contribution < -0.4 is 9.47 Å². The van der Waals surface area contributed by atoms with E-state index in [0.717, 1.165) is 25.1 Å². The van der Waals surface area contributed by atoms with Crippen LogP contribution in [-0.4, -0.2) is 46.1 Å². The molecule has 1 aliphatic rings. The number of piperidine rings is 1. The van der Waals surface area contributed by atoms with Crippen LogP contribution >= 0.6 is 0 Å². The van der Waals surface area contributed by atoms with Gasteiger partial charge in [-0.15, -0.1) is 0 Å². The van der Waals surface area contributed by atoms with Crippen molar-refractivity contribution in [2.75, 3.05) is 13.1 Å². The third-order valence-electron chi connectivity index (χ3n) is 3.95. The Morgan fingerprint density at radius 3 is 2.60 bits per heavy atom. The van der Waals surface area contributed by atoms with Gasteiger partial charge in [0.15, 0.2) is 0 Å². The molecule has 0 spiro atoms. The fraction of sp³-hybridized carbons (Fsp3) is 0.421. The van der Waals surface area contributed by atoms with Crippen molar-refractivity contribution in [2.45, 2.75) is 38.9 Å². The average molecular weight is 341 g/mol. The summed E-state index contributed by atoms with van der Waals surface area (Å²) in [7, 11) is 0. The van der Waals surface area contributed by atoms with Gasteiger partial charge >= 0.3 is 6.01 Å². The van der Waals surface area contributed by atoms with E-state index in [2.05, 4.69) is 9.97 Å². The van der Waals surface area contributed by atoms with Crippen molar-refractivity contribution < 1.29 is 14.3 Å². The number of aromatic nitrogens is 2. The van der Waals surface area contributed by atoms with Crippen molar-refractivity contribution in [2.24, 2.45) is 0 Å². The van der Waals surface area contributed by atoms with E-state index in [1.165, 1.54) is 0 Å². The van der Waals surface area contributed by atoms with Gasteiger partial charge in [0.1, 0.15) is 11.9 Å². The van der Waals surface area contributed by atoms with Crippen LogP contribution in [0.5, 0.6) is 11.8 Å². The number of benzene rings is 1. The number of carbonyl (C=O) groups excluding carboxylic acids is 1. The first-order valence-electron chi connectivity index (χ1n) is 8.61. The normalized spacial score (nSPS) is 17.4. The first-order valence-corrected chi connectivity index (χ1v) is 8.61. The Bertz CT molecular complexity index is 689. The Hall–Kier alpha value is -2.63. The van der Waals surface area contributed by atoms with Gasteiger partial charge in [0.05, 0.1) is 12.6 Å². The van der Waals surface area contributed by atoms with E-state index in [4.69, 9.17) is 9.47 Å². The number of hydrogen-bond donors (Lipinski definition) is 0. The van der Waals surface area contributed by atoms with Gasteiger partial charge in [-0.1, -0.05) is 0 Å². The number of rotatable bonds is 5. The predicted molar refractivity (Wildman–Crippen MR) is 93.8 cm³/mol. The zero-order chi connectivity index (χ0) is 17.6. The molecule has 0 bridgehead atoms. The lowest BCUT2D eigenvalue weighted by Crippen LogP contribution is -2.44. The summed E-state index contributed by atoms with van der Waals surface area (Å²) in [5.41, 5.74) is 0.660. The van der Waals surface area contributed by atoms with Gasteiger partial charge in [-0.05, 0) is 57.0 Å². The molecule has 1 amide bonds. The monoisotopic (exact) mass is 341 g/mol. The highest BCUT2D eigenvalue weighted by atomic mass is 16.5. The Balaban J connectivity index is 1.61. The first-order chi connectivity index (χ1) is 12.1. The molecule has 1 aromatic carbocycles. The summed E-state index contributed by atoms with van der Waals surface area (Å²) in [6.45, 7) is 5.23. The summed E-state index contributed by atoms with van der Waals surface area (Å²) < 4.78 is 11.4. The molecule has 2 heterocycles. The van der Waals surface area contributed by atoms with Crippen LogP contribution in [0.3, 0.4) is 0 Å². The van der Waals surface area contributed by atoms with E-state index < -0.39 is 0 Å². The molecule has 25 heavy (non-hydrogen) atoms. The number of carbonyl (C=O) groups is 1. The number of ether oxygens (including phenoxy) is 2. The molecule has 0 saturated carbocycles. The lowest BCUT2D eigenvalue weighted by Gasteiger charge is -2.32. The fourth-order valence-electron chi connectivity index (χ4n) is 2.85. The molecular formula is C19H23N3O3. The van der Waals surface area contributed by atoms with E-state index in [-0.39, 0.29) is 18.1 Å².